The zero-order chi connectivity index (χ0) is 11.5. The number of para-hydroxylation sites is 1. The molecule has 0 atom stereocenters. The molecule has 1 N–H and O–H groups in total. The van der Waals surface area contributed by atoms with Crippen molar-refractivity contribution in [1.82, 2.24) is 0 Å². The van der Waals surface area contributed by atoms with Crippen LogP contribution in [0.15, 0.2) is 24.3 Å². The fourth-order valence-electron chi connectivity index (χ4n) is 2.24. The lowest BCUT2D eigenvalue weighted by Gasteiger charge is -2.35. The second kappa shape index (κ2) is 4.54. The third-order valence-electron chi connectivity index (χ3n) is 3.18. The molecular formula is C13H16N2O. The SMILES string of the molecule is CN(CC1CC(O)C1)c1ccccc1C#N. The second-order valence-electron chi connectivity index (χ2n) is 4.50. The molecule has 84 valence electrons. The van der Waals surface area contributed by atoms with Gasteiger partial charge < -0.3 is 10.0 Å². The molecule has 3 nitrogen and oxygen atoms in total. The minimum Gasteiger partial charge on any atom is -0.393 e. The van der Waals surface area contributed by atoms with Crippen molar-refractivity contribution in [2.24, 2.45) is 5.92 Å². The number of rotatable bonds is 3. The second-order valence-corrected chi connectivity index (χ2v) is 4.50. The highest BCUT2D eigenvalue weighted by Gasteiger charge is 2.28. The molecular weight excluding hydrogens is 200 g/mol. The Bertz CT molecular complexity index is 405. The molecule has 0 unspecified atom stereocenters. The van der Waals surface area contributed by atoms with Crippen LogP contribution < -0.4 is 4.90 Å². The zero-order valence-electron chi connectivity index (χ0n) is 9.43. The summed E-state index contributed by atoms with van der Waals surface area (Å²) in [6, 6.07) is 9.83. The van der Waals surface area contributed by atoms with Crippen molar-refractivity contribution in [1.29, 1.82) is 5.26 Å². The lowest BCUT2D eigenvalue weighted by atomic mass is 9.82. The van der Waals surface area contributed by atoms with Crippen molar-refractivity contribution < 1.29 is 5.11 Å². The van der Waals surface area contributed by atoms with E-state index in [1.54, 1.807) is 0 Å². The summed E-state index contributed by atoms with van der Waals surface area (Å²) in [7, 11) is 2.00. The molecule has 1 fully saturated rings. The highest BCUT2D eigenvalue weighted by atomic mass is 16.3. The Morgan fingerprint density at radius 1 is 1.44 bits per heavy atom. The van der Waals surface area contributed by atoms with Gasteiger partial charge in [0, 0.05) is 13.6 Å². The Balaban J connectivity index is 2.03. The molecule has 3 heteroatoms. The topological polar surface area (TPSA) is 47.3 Å². The normalized spacial score (nSPS) is 23.3. The maximum Gasteiger partial charge on any atom is 0.101 e. The minimum absolute atomic E-state index is 0.107. The van der Waals surface area contributed by atoms with Crippen molar-refractivity contribution in [2.75, 3.05) is 18.5 Å². The van der Waals surface area contributed by atoms with Crippen molar-refractivity contribution >= 4 is 5.69 Å². The highest BCUT2D eigenvalue weighted by Crippen LogP contribution is 2.29. The van der Waals surface area contributed by atoms with Crippen LogP contribution in [0, 0.1) is 17.2 Å². The molecule has 0 saturated heterocycles. The molecule has 16 heavy (non-hydrogen) atoms. The Kier molecular flexibility index (Phi) is 3.12. The fraction of sp³-hybridized carbons (Fsp3) is 0.462. The van der Waals surface area contributed by atoms with Crippen LogP contribution in [0.2, 0.25) is 0 Å². The number of nitriles is 1. The predicted molar refractivity (Wildman–Crippen MR) is 63.2 cm³/mol. The Hall–Kier alpha value is -1.53. The van der Waals surface area contributed by atoms with Gasteiger partial charge in [0.15, 0.2) is 0 Å². The third-order valence-corrected chi connectivity index (χ3v) is 3.18. The van der Waals surface area contributed by atoms with Gasteiger partial charge in [-0.05, 0) is 30.9 Å². The molecule has 0 aromatic heterocycles. The van der Waals surface area contributed by atoms with Gasteiger partial charge in [0.25, 0.3) is 0 Å². The molecule has 0 heterocycles. The Morgan fingerprint density at radius 3 is 2.75 bits per heavy atom. The molecule has 0 amide bonds. The van der Waals surface area contributed by atoms with Gasteiger partial charge in [-0.2, -0.15) is 5.26 Å². The number of aliphatic hydroxyl groups is 1. The van der Waals surface area contributed by atoms with Crippen LogP contribution in [-0.2, 0) is 0 Å². The van der Waals surface area contributed by atoms with Gasteiger partial charge in [-0.25, -0.2) is 0 Å². The molecule has 0 spiro atoms. The van der Waals surface area contributed by atoms with Crippen LogP contribution in [0.3, 0.4) is 0 Å². The van der Waals surface area contributed by atoms with E-state index in [0.717, 1.165) is 25.1 Å². The summed E-state index contributed by atoms with van der Waals surface area (Å²) in [6.07, 6.45) is 1.67. The van der Waals surface area contributed by atoms with Crippen molar-refractivity contribution in [3.63, 3.8) is 0 Å². The van der Waals surface area contributed by atoms with Gasteiger partial charge in [-0.3, -0.25) is 0 Å². The number of hydrogen-bond donors (Lipinski definition) is 1. The fourth-order valence-corrected chi connectivity index (χ4v) is 2.24. The molecule has 1 aromatic rings. The van der Waals surface area contributed by atoms with E-state index in [9.17, 15) is 5.11 Å². The highest BCUT2D eigenvalue weighted by molar-refractivity contribution is 5.58. The summed E-state index contributed by atoms with van der Waals surface area (Å²) < 4.78 is 0. The first kappa shape index (κ1) is 11.0. The summed E-state index contributed by atoms with van der Waals surface area (Å²) in [6.45, 7) is 0.912. The van der Waals surface area contributed by atoms with Crippen molar-refractivity contribution in [3.8, 4) is 6.07 Å². The Morgan fingerprint density at radius 2 is 2.12 bits per heavy atom. The summed E-state index contributed by atoms with van der Waals surface area (Å²) in [4.78, 5) is 2.11. The van der Waals surface area contributed by atoms with E-state index in [-0.39, 0.29) is 6.10 Å². The van der Waals surface area contributed by atoms with E-state index >= 15 is 0 Å². The van der Waals surface area contributed by atoms with Gasteiger partial charge in [0.1, 0.15) is 6.07 Å². The largest absolute Gasteiger partial charge is 0.393 e. The number of benzene rings is 1. The van der Waals surface area contributed by atoms with Gasteiger partial charge in [0.2, 0.25) is 0 Å². The van der Waals surface area contributed by atoms with Crippen molar-refractivity contribution in [2.45, 2.75) is 18.9 Å². The van der Waals surface area contributed by atoms with Gasteiger partial charge in [-0.15, -0.1) is 0 Å². The smallest absolute Gasteiger partial charge is 0.101 e. The van der Waals surface area contributed by atoms with E-state index in [4.69, 9.17) is 5.26 Å². The molecule has 1 saturated carbocycles. The zero-order valence-corrected chi connectivity index (χ0v) is 9.43. The van der Waals surface area contributed by atoms with Crippen LogP contribution in [0.4, 0.5) is 5.69 Å². The molecule has 0 bridgehead atoms. The average molecular weight is 216 g/mol. The summed E-state index contributed by atoms with van der Waals surface area (Å²) in [5, 5.41) is 18.2. The molecule has 0 radical (unpaired) electrons. The summed E-state index contributed by atoms with van der Waals surface area (Å²) in [5.41, 5.74) is 1.69. The van der Waals surface area contributed by atoms with Crippen molar-refractivity contribution in [3.05, 3.63) is 29.8 Å². The van der Waals surface area contributed by atoms with Gasteiger partial charge >= 0.3 is 0 Å². The Labute approximate surface area is 95.9 Å². The monoisotopic (exact) mass is 216 g/mol. The molecule has 1 aliphatic carbocycles. The van der Waals surface area contributed by atoms with Crippen LogP contribution in [-0.4, -0.2) is 24.8 Å². The number of nitrogens with zero attached hydrogens (tertiary/aromatic N) is 2. The molecule has 0 aliphatic heterocycles. The van der Waals surface area contributed by atoms with Crippen LogP contribution in [0.5, 0.6) is 0 Å². The number of aliphatic hydroxyl groups excluding tert-OH is 1. The van der Waals surface area contributed by atoms with Gasteiger partial charge in [0.05, 0.1) is 17.4 Å². The molecule has 1 aromatic carbocycles. The van der Waals surface area contributed by atoms with Gasteiger partial charge in [-0.1, -0.05) is 12.1 Å². The van der Waals surface area contributed by atoms with Crippen LogP contribution in [0.1, 0.15) is 18.4 Å². The first-order valence-electron chi connectivity index (χ1n) is 5.59. The maximum atomic E-state index is 9.23. The van der Waals surface area contributed by atoms with E-state index in [0.29, 0.717) is 11.5 Å². The summed E-state index contributed by atoms with van der Waals surface area (Å²) >= 11 is 0. The minimum atomic E-state index is -0.107. The first-order valence-corrected chi connectivity index (χ1v) is 5.59. The van der Waals surface area contributed by atoms with Crippen LogP contribution in [0.25, 0.3) is 0 Å². The maximum absolute atomic E-state index is 9.23. The quantitative estimate of drug-likeness (QED) is 0.837. The van der Waals surface area contributed by atoms with E-state index in [1.165, 1.54) is 0 Å². The average Bonchev–Trinajstić information content (AvgIpc) is 2.27. The standard InChI is InChI=1S/C13H16N2O/c1-15(9-10-6-12(16)7-10)13-5-3-2-4-11(13)8-14/h2-5,10,12,16H,6-7,9H2,1H3. The lowest BCUT2D eigenvalue weighted by molar-refractivity contribution is 0.0465. The molecule has 2 rings (SSSR count). The van der Waals surface area contributed by atoms with E-state index < -0.39 is 0 Å². The number of hydrogen-bond acceptors (Lipinski definition) is 3. The van der Waals surface area contributed by atoms with Crippen LogP contribution >= 0.6 is 0 Å². The van der Waals surface area contributed by atoms with E-state index in [2.05, 4.69) is 11.0 Å². The summed E-state index contributed by atoms with van der Waals surface area (Å²) in [5.74, 6) is 0.562. The predicted octanol–water partition coefficient (Wildman–Crippen LogP) is 1.77. The lowest BCUT2D eigenvalue weighted by Crippen LogP contribution is -2.37. The first-order chi connectivity index (χ1) is 7.70. The number of anilines is 1. The molecule has 1 aliphatic rings. The third kappa shape index (κ3) is 2.17. The van der Waals surface area contributed by atoms with E-state index in [1.807, 2.05) is 31.3 Å².